The second-order valence-corrected chi connectivity index (χ2v) is 4.85. The maximum absolute atomic E-state index is 13.7. The van der Waals surface area contributed by atoms with Gasteiger partial charge in [0.15, 0.2) is 0 Å². The normalized spacial score (nSPS) is 16.7. The fraction of sp³-hybridized carbons (Fsp3) is 0.417. The molecule has 114 valence electrons. The third-order valence-corrected chi connectivity index (χ3v) is 3.43. The zero-order valence-electron chi connectivity index (χ0n) is 10.8. The number of benzene rings is 1. The van der Waals surface area contributed by atoms with Gasteiger partial charge in [-0.1, -0.05) is 6.07 Å². The number of alkyl halides is 2. The maximum Gasteiger partial charge on any atom is 0.354 e. The van der Waals surface area contributed by atoms with E-state index < -0.39 is 22.4 Å². The van der Waals surface area contributed by atoms with Crippen LogP contribution in [0.4, 0.5) is 20.2 Å². The van der Waals surface area contributed by atoms with Crippen LogP contribution in [0.1, 0.15) is 19.3 Å². The average Bonchev–Trinajstić information content (AvgIpc) is 2.42. The van der Waals surface area contributed by atoms with E-state index in [9.17, 15) is 28.8 Å². The number of halogens is 2. The molecule has 7 nitrogen and oxygen atoms in total. The molecule has 1 aliphatic rings. The van der Waals surface area contributed by atoms with Crippen molar-refractivity contribution in [3.8, 4) is 0 Å². The van der Waals surface area contributed by atoms with E-state index in [-0.39, 0.29) is 24.2 Å². The number of carbonyl (C=O) groups is 1. The molecule has 0 heterocycles. The number of non-ortho nitro benzene ring substituents is 1. The zero-order chi connectivity index (χ0) is 15.7. The standard InChI is InChI=1S/C12H13F2N3O4/c13-12(14,11(19)5-2-6-11)10(18)16-15-8-3-1-4-9(7-8)17(20)21/h1,3-4,7,15,19H,2,5-6H2,(H,16,18). The Morgan fingerprint density at radius 3 is 2.62 bits per heavy atom. The Morgan fingerprint density at radius 1 is 1.43 bits per heavy atom. The van der Waals surface area contributed by atoms with Crippen molar-refractivity contribution in [1.29, 1.82) is 0 Å². The first-order chi connectivity index (χ1) is 9.76. The van der Waals surface area contributed by atoms with Crippen LogP contribution in [0, 0.1) is 10.1 Å². The van der Waals surface area contributed by atoms with E-state index in [4.69, 9.17) is 0 Å². The number of nitro benzene ring substituents is 1. The van der Waals surface area contributed by atoms with Crippen LogP contribution >= 0.6 is 0 Å². The molecule has 21 heavy (non-hydrogen) atoms. The van der Waals surface area contributed by atoms with Gasteiger partial charge in [-0.15, -0.1) is 0 Å². The summed E-state index contributed by atoms with van der Waals surface area (Å²) in [6.07, 6.45) is 0.131. The van der Waals surface area contributed by atoms with Crippen molar-refractivity contribution in [3.05, 3.63) is 34.4 Å². The summed E-state index contributed by atoms with van der Waals surface area (Å²) >= 11 is 0. The Kier molecular flexibility index (Phi) is 3.77. The number of hydrazine groups is 1. The van der Waals surface area contributed by atoms with Crippen molar-refractivity contribution in [2.75, 3.05) is 5.43 Å². The Hall–Kier alpha value is -2.29. The lowest BCUT2D eigenvalue weighted by Gasteiger charge is -2.41. The molecule has 0 aromatic heterocycles. The van der Waals surface area contributed by atoms with Gasteiger partial charge in [-0.25, -0.2) is 0 Å². The van der Waals surface area contributed by atoms with Crippen LogP contribution in [-0.2, 0) is 4.79 Å². The molecule has 3 N–H and O–H groups in total. The van der Waals surface area contributed by atoms with Gasteiger partial charge in [0.1, 0.15) is 5.60 Å². The van der Waals surface area contributed by atoms with Crippen LogP contribution in [0.2, 0.25) is 0 Å². The molecule has 1 aromatic rings. The molecule has 1 saturated carbocycles. The Bertz CT molecular complexity index is 575. The van der Waals surface area contributed by atoms with Crippen molar-refractivity contribution in [1.82, 2.24) is 5.43 Å². The summed E-state index contributed by atoms with van der Waals surface area (Å²) in [6, 6.07) is 5.00. The molecular formula is C12H13F2N3O4. The van der Waals surface area contributed by atoms with E-state index >= 15 is 0 Å². The first-order valence-electron chi connectivity index (χ1n) is 6.17. The summed E-state index contributed by atoms with van der Waals surface area (Å²) in [5.41, 5.74) is 1.44. The number of anilines is 1. The highest BCUT2D eigenvalue weighted by molar-refractivity contribution is 5.86. The Balaban J connectivity index is 2.01. The fourth-order valence-electron chi connectivity index (χ4n) is 1.94. The van der Waals surface area contributed by atoms with Crippen molar-refractivity contribution >= 4 is 17.3 Å². The fourth-order valence-corrected chi connectivity index (χ4v) is 1.94. The van der Waals surface area contributed by atoms with Gasteiger partial charge in [-0.2, -0.15) is 8.78 Å². The van der Waals surface area contributed by atoms with E-state index in [0.717, 1.165) is 6.07 Å². The van der Waals surface area contributed by atoms with Crippen LogP contribution in [0.5, 0.6) is 0 Å². The number of amides is 1. The van der Waals surface area contributed by atoms with Crippen molar-refractivity contribution < 1.29 is 23.6 Å². The largest absolute Gasteiger partial charge is 0.383 e. The summed E-state index contributed by atoms with van der Waals surface area (Å²) in [5.74, 6) is -5.62. The van der Waals surface area contributed by atoms with E-state index in [1.807, 2.05) is 0 Å². The van der Waals surface area contributed by atoms with E-state index in [1.165, 1.54) is 18.2 Å². The monoisotopic (exact) mass is 301 g/mol. The predicted octanol–water partition coefficient (Wildman–Crippen LogP) is 1.59. The molecule has 1 amide bonds. The van der Waals surface area contributed by atoms with Crippen LogP contribution in [-0.4, -0.2) is 27.5 Å². The summed E-state index contributed by atoms with van der Waals surface area (Å²) in [7, 11) is 0. The van der Waals surface area contributed by atoms with Gasteiger partial charge in [0.25, 0.3) is 5.69 Å². The quantitative estimate of drug-likeness (QED) is 0.566. The molecule has 0 aliphatic heterocycles. The minimum atomic E-state index is -3.93. The number of hydrogen-bond donors (Lipinski definition) is 3. The zero-order valence-corrected chi connectivity index (χ0v) is 10.8. The molecule has 1 fully saturated rings. The van der Waals surface area contributed by atoms with E-state index in [1.54, 1.807) is 5.43 Å². The first-order valence-corrected chi connectivity index (χ1v) is 6.17. The minimum absolute atomic E-state index is 0.0777. The van der Waals surface area contributed by atoms with Crippen LogP contribution in [0.3, 0.4) is 0 Å². The third kappa shape index (κ3) is 2.77. The topological polar surface area (TPSA) is 104 Å². The number of hydrogen-bond acceptors (Lipinski definition) is 5. The predicted molar refractivity (Wildman–Crippen MR) is 68.6 cm³/mol. The molecule has 0 radical (unpaired) electrons. The number of carbonyl (C=O) groups excluding carboxylic acids is 1. The van der Waals surface area contributed by atoms with Gasteiger partial charge in [-0.05, 0) is 25.3 Å². The highest BCUT2D eigenvalue weighted by Crippen LogP contribution is 2.44. The maximum atomic E-state index is 13.7. The van der Waals surface area contributed by atoms with Crippen LogP contribution in [0.25, 0.3) is 0 Å². The van der Waals surface area contributed by atoms with Gasteiger partial charge in [-0.3, -0.25) is 25.8 Å². The van der Waals surface area contributed by atoms with Crippen LogP contribution in [0.15, 0.2) is 24.3 Å². The molecule has 1 aliphatic carbocycles. The lowest BCUT2D eigenvalue weighted by atomic mass is 9.75. The smallest absolute Gasteiger partial charge is 0.354 e. The lowest BCUT2D eigenvalue weighted by molar-refractivity contribution is -0.384. The SMILES string of the molecule is O=C(NNc1cccc([N+](=O)[O-])c1)C(F)(F)C1(O)CCC1. The summed E-state index contributed by atoms with van der Waals surface area (Å²) in [6.45, 7) is 0. The number of nitrogens with one attached hydrogen (secondary N) is 2. The third-order valence-electron chi connectivity index (χ3n) is 3.43. The number of aliphatic hydroxyl groups is 1. The van der Waals surface area contributed by atoms with Crippen molar-refractivity contribution in [3.63, 3.8) is 0 Å². The number of nitrogens with zero attached hydrogens (tertiary/aromatic N) is 1. The van der Waals surface area contributed by atoms with Crippen LogP contribution < -0.4 is 10.9 Å². The first kappa shape index (κ1) is 15.1. The van der Waals surface area contributed by atoms with Gasteiger partial charge in [0.05, 0.1) is 10.6 Å². The molecule has 0 atom stereocenters. The van der Waals surface area contributed by atoms with Crippen molar-refractivity contribution in [2.45, 2.75) is 30.8 Å². The Morgan fingerprint density at radius 2 is 2.10 bits per heavy atom. The molecule has 1 aromatic carbocycles. The molecule has 2 rings (SSSR count). The van der Waals surface area contributed by atoms with E-state index in [2.05, 4.69) is 5.43 Å². The van der Waals surface area contributed by atoms with Gasteiger partial charge in [0, 0.05) is 12.1 Å². The van der Waals surface area contributed by atoms with Gasteiger partial charge in [0.2, 0.25) is 0 Å². The summed E-state index contributed by atoms with van der Waals surface area (Å²) in [5, 5.41) is 20.2. The molecule has 9 heteroatoms. The number of nitro groups is 1. The van der Waals surface area contributed by atoms with Crippen molar-refractivity contribution in [2.24, 2.45) is 0 Å². The second kappa shape index (κ2) is 5.24. The molecular weight excluding hydrogens is 288 g/mol. The van der Waals surface area contributed by atoms with Gasteiger partial charge >= 0.3 is 11.8 Å². The average molecular weight is 301 g/mol. The highest BCUT2D eigenvalue weighted by atomic mass is 19.3. The highest BCUT2D eigenvalue weighted by Gasteiger charge is 2.61. The summed E-state index contributed by atoms with van der Waals surface area (Å²) < 4.78 is 27.5. The lowest BCUT2D eigenvalue weighted by Crippen LogP contribution is -2.61. The molecule has 0 unspecified atom stereocenters. The molecule has 0 saturated heterocycles. The second-order valence-electron chi connectivity index (χ2n) is 4.85. The Labute approximate surface area is 118 Å². The molecule has 0 spiro atoms. The van der Waals surface area contributed by atoms with E-state index in [0.29, 0.717) is 6.42 Å². The number of rotatable bonds is 5. The molecule has 0 bridgehead atoms. The van der Waals surface area contributed by atoms with Gasteiger partial charge < -0.3 is 5.11 Å². The summed E-state index contributed by atoms with van der Waals surface area (Å²) in [4.78, 5) is 21.4. The minimum Gasteiger partial charge on any atom is -0.383 e.